The van der Waals surface area contributed by atoms with Crippen molar-refractivity contribution in [2.45, 2.75) is 20.8 Å². The van der Waals surface area contributed by atoms with Gasteiger partial charge in [-0.1, -0.05) is 39.2 Å². The number of hydrogen-bond donors (Lipinski definition) is 1. The first kappa shape index (κ1) is 23.5. The first-order chi connectivity index (χ1) is 15.1. The molecule has 2 aromatic carbocycles. The molecule has 6 heteroatoms. The number of aromatic amines is 1. The molecule has 0 bridgehead atoms. The molecule has 1 N–H and O–H groups in total. The highest BCUT2D eigenvalue weighted by Gasteiger charge is 2.21. The smallest absolute Gasteiger partial charge is 0.181 e. The summed E-state index contributed by atoms with van der Waals surface area (Å²) in [4.78, 5) is 9.05. The SMILES string of the molecule is C/C=C/F.C=CC(=C)C1=Nc2ccc(-c3n[nH]c(-c4ccc(OC)cc4)n3)cc21.CC. The van der Waals surface area contributed by atoms with Gasteiger partial charge < -0.3 is 4.74 Å². The predicted octanol–water partition coefficient (Wildman–Crippen LogP) is 6.84. The molecule has 1 aliphatic heterocycles. The van der Waals surface area contributed by atoms with Crippen molar-refractivity contribution in [2.75, 3.05) is 7.11 Å². The Bertz CT molecular complexity index is 1090. The van der Waals surface area contributed by atoms with Crippen molar-refractivity contribution in [1.29, 1.82) is 0 Å². The molecule has 0 saturated heterocycles. The van der Waals surface area contributed by atoms with Gasteiger partial charge >= 0.3 is 0 Å². The maximum Gasteiger partial charge on any atom is 0.181 e. The second-order valence-corrected chi connectivity index (χ2v) is 6.12. The van der Waals surface area contributed by atoms with E-state index in [9.17, 15) is 4.39 Å². The second-order valence-electron chi connectivity index (χ2n) is 6.12. The Hall–Kier alpha value is -3.80. The maximum absolute atomic E-state index is 10.5. The van der Waals surface area contributed by atoms with E-state index in [1.807, 2.05) is 56.3 Å². The summed E-state index contributed by atoms with van der Waals surface area (Å²) in [6.45, 7) is 13.3. The molecule has 0 unspecified atom stereocenters. The lowest BCUT2D eigenvalue weighted by Gasteiger charge is -2.19. The van der Waals surface area contributed by atoms with Gasteiger partial charge in [0.2, 0.25) is 0 Å². The molecule has 3 aromatic rings. The van der Waals surface area contributed by atoms with Gasteiger partial charge in [0.15, 0.2) is 11.6 Å². The van der Waals surface area contributed by atoms with Gasteiger partial charge in [-0.05, 0) is 55.0 Å². The van der Waals surface area contributed by atoms with E-state index in [-0.39, 0.29) is 0 Å². The van der Waals surface area contributed by atoms with Gasteiger partial charge in [-0.15, -0.1) is 0 Å². The highest BCUT2D eigenvalue weighted by atomic mass is 19.1. The third-order valence-corrected chi connectivity index (χ3v) is 4.27. The summed E-state index contributed by atoms with van der Waals surface area (Å²) in [7, 11) is 1.64. The minimum atomic E-state index is 0.500. The lowest BCUT2D eigenvalue weighted by Crippen LogP contribution is -2.10. The Balaban J connectivity index is 0.000000513. The number of H-pyrrole nitrogens is 1. The zero-order valence-electron chi connectivity index (χ0n) is 18.3. The van der Waals surface area contributed by atoms with E-state index in [0.29, 0.717) is 18.0 Å². The number of fused-ring (bicyclic) bond motifs is 1. The van der Waals surface area contributed by atoms with Crippen LogP contribution in [0.2, 0.25) is 0 Å². The highest BCUT2D eigenvalue weighted by Crippen LogP contribution is 2.35. The van der Waals surface area contributed by atoms with Crippen molar-refractivity contribution < 1.29 is 9.13 Å². The first-order valence-electron chi connectivity index (χ1n) is 9.94. The van der Waals surface area contributed by atoms with Crippen LogP contribution in [-0.2, 0) is 0 Å². The van der Waals surface area contributed by atoms with Crippen molar-refractivity contribution in [2.24, 2.45) is 4.99 Å². The van der Waals surface area contributed by atoms with Crippen LogP contribution in [0.1, 0.15) is 26.3 Å². The van der Waals surface area contributed by atoms with Crippen molar-refractivity contribution in [3.8, 4) is 28.5 Å². The molecular formula is C25H27FN4O. The number of hydrogen-bond acceptors (Lipinski definition) is 4. The van der Waals surface area contributed by atoms with E-state index in [4.69, 9.17) is 4.74 Å². The first-order valence-corrected chi connectivity index (χ1v) is 9.94. The Labute approximate surface area is 182 Å². The molecule has 0 amide bonds. The van der Waals surface area contributed by atoms with Crippen molar-refractivity contribution in [1.82, 2.24) is 15.2 Å². The fourth-order valence-corrected chi connectivity index (χ4v) is 2.70. The zero-order valence-corrected chi connectivity index (χ0v) is 18.3. The average molecular weight is 419 g/mol. The van der Waals surface area contributed by atoms with Crippen LogP contribution in [0.15, 0.2) is 84.7 Å². The number of aliphatic imine (C=N–C) groups is 1. The average Bonchev–Trinajstić information content (AvgIpc) is 3.31. The normalized spacial score (nSPS) is 11.1. The number of ether oxygens (including phenoxy) is 1. The molecule has 0 saturated carbocycles. The zero-order chi connectivity index (χ0) is 22.8. The maximum atomic E-state index is 10.5. The summed E-state index contributed by atoms with van der Waals surface area (Å²) in [5, 5.41) is 7.33. The van der Waals surface area contributed by atoms with Crippen molar-refractivity contribution >= 4 is 11.4 Å². The number of benzene rings is 2. The van der Waals surface area contributed by atoms with Gasteiger partial charge in [0, 0.05) is 16.7 Å². The monoisotopic (exact) mass is 418 g/mol. The molecule has 1 aliphatic rings. The largest absolute Gasteiger partial charge is 0.497 e. The summed E-state index contributed by atoms with van der Waals surface area (Å²) in [5.41, 5.74) is 5.58. The fraction of sp³-hybridized carbons (Fsp3) is 0.160. The van der Waals surface area contributed by atoms with Crippen LogP contribution < -0.4 is 4.74 Å². The lowest BCUT2D eigenvalue weighted by molar-refractivity contribution is 0.415. The summed E-state index contributed by atoms with van der Waals surface area (Å²) < 4.78 is 15.7. The van der Waals surface area contributed by atoms with Gasteiger partial charge in [0.25, 0.3) is 0 Å². The molecule has 4 rings (SSSR count). The molecule has 0 radical (unpaired) electrons. The van der Waals surface area contributed by atoms with Crippen LogP contribution in [0, 0.1) is 0 Å². The summed E-state index contributed by atoms with van der Waals surface area (Å²) in [6.07, 6.45) is 3.54. The Kier molecular flexibility index (Phi) is 8.64. The van der Waals surface area contributed by atoms with Gasteiger partial charge in [0.05, 0.1) is 24.8 Å². The van der Waals surface area contributed by atoms with Crippen LogP contribution in [0.3, 0.4) is 0 Å². The molecule has 2 heterocycles. The summed E-state index contributed by atoms with van der Waals surface area (Å²) in [5.74, 6) is 2.16. The van der Waals surface area contributed by atoms with Crippen molar-refractivity contribution in [3.05, 3.63) is 85.2 Å². The van der Waals surface area contributed by atoms with Crippen LogP contribution >= 0.6 is 0 Å². The summed E-state index contributed by atoms with van der Waals surface area (Å²) >= 11 is 0. The number of methoxy groups -OCH3 is 1. The lowest BCUT2D eigenvalue weighted by atomic mass is 9.94. The minimum Gasteiger partial charge on any atom is -0.497 e. The molecule has 1 aromatic heterocycles. The van der Waals surface area contributed by atoms with E-state index in [2.05, 4.69) is 33.3 Å². The number of allylic oxidation sites excluding steroid dienone is 3. The molecule has 31 heavy (non-hydrogen) atoms. The van der Waals surface area contributed by atoms with E-state index >= 15 is 0 Å². The predicted molar refractivity (Wildman–Crippen MR) is 127 cm³/mol. The van der Waals surface area contributed by atoms with Gasteiger partial charge in [-0.2, -0.15) is 5.10 Å². The number of nitrogens with one attached hydrogen (secondary N) is 1. The number of aromatic nitrogens is 3. The standard InChI is InChI=1S/C20H16N4O.C3H5F.C2H6/c1-4-12(2)18-16-11-14(7-10-17(16)21-18)20-22-19(23-24-20)13-5-8-15(25-3)9-6-13;1-2-3-4;1-2/h4-11H,1-2H2,3H3,(H,22,23,24);2-3H,1H3;1-2H3/b;3-2+;. The van der Waals surface area contributed by atoms with Crippen LogP contribution in [0.25, 0.3) is 22.8 Å². The van der Waals surface area contributed by atoms with E-state index in [0.717, 1.165) is 39.4 Å². The molecule has 0 aliphatic carbocycles. The van der Waals surface area contributed by atoms with Gasteiger partial charge in [-0.25, -0.2) is 14.4 Å². The number of halogens is 1. The summed E-state index contributed by atoms with van der Waals surface area (Å²) in [6, 6.07) is 13.6. The van der Waals surface area contributed by atoms with Crippen LogP contribution in [0.4, 0.5) is 10.1 Å². The molecule has 0 atom stereocenters. The van der Waals surface area contributed by atoms with Crippen molar-refractivity contribution in [3.63, 3.8) is 0 Å². The van der Waals surface area contributed by atoms with Crippen LogP contribution in [-0.4, -0.2) is 28.0 Å². The van der Waals surface area contributed by atoms with Gasteiger partial charge in [0.1, 0.15) is 5.75 Å². The van der Waals surface area contributed by atoms with Crippen LogP contribution in [0.5, 0.6) is 5.75 Å². The quantitative estimate of drug-likeness (QED) is 0.461. The molecule has 160 valence electrons. The number of nitrogens with zero attached hydrogens (tertiary/aromatic N) is 3. The Morgan fingerprint density at radius 2 is 1.74 bits per heavy atom. The van der Waals surface area contributed by atoms with Gasteiger partial charge in [-0.3, -0.25) is 5.10 Å². The Morgan fingerprint density at radius 3 is 2.32 bits per heavy atom. The topological polar surface area (TPSA) is 63.2 Å². The number of rotatable bonds is 5. The molecule has 0 fully saturated rings. The molecule has 0 spiro atoms. The van der Waals surface area contributed by atoms with E-state index < -0.39 is 0 Å². The second kappa shape index (κ2) is 11.4. The third kappa shape index (κ3) is 5.42. The molecular weight excluding hydrogens is 391 g/mol. The minimum absolute atomic E-state index is 0.500. The fourth-order valence-electron chi connectivity index (χ4n) is 2.70. The van der Waals surface area contributed by atoms with E-state index in [1.54, 1.807) is 20.1 Å². The third-order valence-electron chi connectivity index (χ3n) is 4.27. The Morgan fingerprint density at radius 1 is 1.10 bits per heavy atom. The molecule has 5 nitrogen and oxygen atoms in total. The highest BCUT2D eigenvalue weighted by molar-refractivity contribution is 6.23. The van der Waals surface area contributed by atoms with E-state index in [1.165, 1.54) is 6.08 Å².